The van der Waals surface area contributed by atoms with E-state index in [4.69, 9.17) is 10.8 Å². The fraction of sp³-hybridized carbons (Fsp3) is 0.429. The Morgan fingerprint density at radius 3 is 2.50 bits per heavy atom. The van der Waals surface area contributed by atoms with Crippen LogP contribution in [0.1, 0.15) is 5.82 Å². The summed E-state index contributed by atoms with van der Waals surface area (Å²) in [6.45, 7) is -0.0295. The van der Waals surface area contributed by atoms with E-state index < -0.39 is 0 Å². The van der Waals surface area contributed by atoms with E-state index in [2.05, 4.69) is 9.97 Å². The lowest BCUT2D eigenvalue weighted by atomic mass is 10.2. The highest BCUT2D eigenvalue weighted by molar-refractivity contribution is 5.85. The van der Waals surface area contributed by atoms with Gasteiger partial charge in [0.15, 0.2) is 0 Å². The first-order valence-electron chi connectivity index (χ1n) is 3.45. The average Bonchev–Trinajstić information content (AvgIpc) is 2.06. The standard InChI is InChI=1S/C7H11N3O.ClH/c8-6(5-11)4-7-9-2-1-3-10-7;/h1-3,6,11H,4-5,8H2;1H. The van der Waals surface area contributed by atoms with E-state index in [1.54, 1.807) is 18.5 Å². The third-order valence-electron chi connectivity index (χ3n) is 1.30. The van der Waals surface area contributed by atoms with Gasteiger partial charge in [0.2, 0.25) is 0 Å². The molecule has 1 aromatic rings. The van der Waals surface area contributed by atoms with Crippen LogP contribution in [0.3, 0.4) is 0 Å². The van der Waals surface area contributed by atoms with Crippen molar-refractivity contribution in [1.82, 2.24) is 9.97 Å². The van der Waals surface area contributed by atoms with Gasteiger partial charge in [-0.2, -0.15) is 0 Å². The van der Waals surface area contributed by atoms with Crippen molar-refractivity contribution >= 4 is 12.4 Å². The molecule has 0 saturated carbocycles. The predicted octanol–water partition coefficient (Wildman–Crippen LogP) is -0.240. The number of halogens is 1. The van der Waals surface area contributed by atoms with Crippen LogP contribution in [0, 0.1) is 0 Å². The summed E-state index contributed by atoms with van der Waals surface area (Å²) >= 11 is 0. The molecule has 0 aliphatic heterocycles. The molecule has 0 spiro atoms. The summed E-state index contributed by atoms with van der Waals surface area (Å²) in [6, 6.07) is 1.49. The van der Waals surface area contributed by atoms with Crippen LogP contribution < -0.4 is 5.73 Å². The topological polar surface area (TPSA) is 72.0 Å². The van der Waals surface area contributed by atoms with Crippen molar-refractivity contribution in [3.8, 4) is 0 Å². The molecule has 68 valence electrons. The third kappa shape index (κ3) is 3.61. The van der Waals surface area contributed by atoms with Crippen molar-refractivity contribution < 1.29 is 5.11 Å². The molecule has 0 amide bonds. The molecule has 5 heteroatoms. The van der Waals surface area contributed by atoms with Crippen molar-refractivity contribution in [3.05, 3.63) is 24.3 Å². The SMILES string of the molecule is Cl.NC(CO)Cc1ncccn1. The van der Waals surface area contributed by atoms with Gasteiger partial charge in [-0.3, -0.25) is 0 Å². The molecule has 0 fully saturated rings. The van der Waals surface area contributed by atoms with Crippen LogP contribution in [-0.2, 0) is 6.42 Å². The number of nitrogens with two attached hydrogens (primary N) is 1. The maximum absolute atomic E-state index is 8.62. The fourth-order valence-corrected chi connectivity index (χ4v) is 0.734. The van der Waals surface area contributed by atoms with Gasteiger partial charge in [-0.05, 0) is 6.07 Å². The van der Waals surface area contributed by atoms with E-state index in [0.717, 1.165) is 0 Å². The van der Waals surface area contributed by atoms with Crippen molar-refractivity contribution in [2.24, 2.45) is 5.73 Å². The Balaban J connectivity index is 0.00000121. The summed E-state index contributed by atoms with van der Waals surface area (Å²) in [6.07, 6.45) is 3.84. The molecular formula is C7H12ClN3O. The van der Waals surface area contributed by atoms with E-state index >= 15 is 0 Å². The highest BCUT2D eigenvalue weighted by Crippen LogP contribution is 1.91. The van der Waals surface area contributed by atoms with Gasteiger partial charge >= 0.3 is 0 Å². The first kappa shape index (κ1) is 11.3. The van der Waals surface area contributed by atoms with Crippen LogP contribution >= 0.6 is 12.4 Å². The Labute approximate surface area is 77.3 Å². The van der Waals surface area contributed by atoms with Crippen molar-refractivity contribution in [3.63, 3.8) is 0 Å². The zero-order valence-corrected chi connectivity index (χ0v) is 7.37. The lowest BCUT2D eigenvalue weighted by Gasteiger charge is -2.04. The summed E-state index contributed by atoms with van der Waals surface area (Å²) < 4.78 is 0. The zero-order valence-electron chi connectivity index (χ0n) is 6.55. The van der Waals surface area contributed by atoms with Gasteiger partial charge in [0.1, 0.15) is 5.82 Å². The second kappa shape index (κ2) is 5.88. The van der Waals surface area contributed by atoms with E-state index in [1.165, 1.54) is 0 Å². The van der Waals surface area contributed by atoms with E-state index in [1.807, 2.05) is 0 Å². The number of hydrogen-bond acceptors (Lipinski definition) is 4. The summed E-state index contributed by atoms with van der Waals surface area (Å²) in [5, 5.41) is 8.62. The van der Waals surface area contributed by atoms with Gasteiger partial charge in [0.05, 0.1) is 6.61 Å². The first-order valence-corrected chi connectivity index (χ1v) is 3.45. The Morgan fingerprint density at radius 2 is 2.00 bits per heavy atom. The quantitative estimate of drug-likeness (QED) is 0.689. The van der Waals surface area contributed by atoms with Crippen LogP contribution in [0.2, 0.25) is 0 Å². The number of rotatable bonds is 3. The zero-order chi connectivity index (χ0) is 8.10. The average molecular weight is 190 g/mol. The molecule has 1 unspecified atom stereocenters. The number of aliphatic hydroxyl groups is 1. The molecule has 0 aliphatic rings. The Kier molecular flexibility index (Phi) is 5.53. The third-order valence-corrected chi connectivity index (χ3v) is 1.30. The molecule has 0 saturated heterocycles. The van der Waals surface area contributed by atoms with Gasteiger partial charge in [-0.25, -0.2) is 9.97 Å². The minimum absolute atomic E-state index is 0. The summed E-state index contributed by atoms with van der Waals surface area (Å²) in [4.78, 5) is 7.93. The van der Waals surface area contributed by atoms with E-state index in [0.29, 0.717) is 12.2 Å². The lowest BCUT2D eigenvalue weighted by Crippen LogP contribution is -2.27. The molecule has 0 aromatic carbocycles. The monoisotopic (exact) mass is 189 g/mol. The number of hydrogen-bond donors (Lipinski definition) is 2. The molecule has 3 N–H and O–H groups in total. The van der Waals surface area contributed by atoms with Gasteiger partial charge in [-0.1, -0.05) is 0 Å². The van der Waals surface area contributed by atoms with Gasteiger partial charge < -0.3 is 10.8 Å². The smallest absolute Gasteiger partial charge is 0.129 e. The molecular weight excluding hydrogens is 178 g/mol. The highest BCUT2D eigenvalue weighted by atomic mass is 35.5. The fourth-order valence-electron chi connectivity index (χ4n) is 0.734. The second-order valence-electron chi connectivity index (χ2n) is 2.31. The second-order valence-corrected chi connectivity index (χ2v) is 2.31. The molecule has 1 aromatic heterocycles. The van der Waals surface area contributed by atoms with Crippen molar-refractivity contribution in [2.45, 2.75) is 12.5 Å². The molecule has 1 atom stereocenters. The molecule has 0 aliphatic carbocycles. The predicted molar refractivity (Wildman–Crippen MR) is 48.0 cm³/mol. The van der Waals surface area contributed by atoms with Crippen molar-refractivity contribution in [2.75, 3.05) is 6.61 Å². The Morgan fingerprint density at radius 1 is 1.42 bits per heavy atom. The van der Waals surface area contributed by atoms with E-state index in [-0.39, 0.29) is 25.1 Å². The molecule has 1 rings (SSSR count). The van der Waals surface area contributed by atoms with Crippen LogP contribution in [-0.4, -0.2) is 27.7 Å². The normalized spacial score (nSPS) is 11.8. The van der Waals surface area contributed by atoms with Gasteiger partial charge in [0.25, 0.3) is 0 Å². The highest BCUT2D eigenvalue weighted by Gasteiger charge is 2.02. The van der Waals surface area contributed by atoms with E-state index in [9.17, 15) is 0 Å². The van der Waals surface area contributed by atoms with Crippen LogP contribution in [0.5, 0.6) is 0 Å². The lowest BCUT2D eigenvalue weighted by molar-refractivity contribution is 0.264. The Bertz CT molecular complexity index is 207. The van der Waals surface area contributed by atoms with Crippen LogP contribution in [0.25, 0.3) is 0 Å². The molecule has 0 bridgehead atoms. The minimum Gasteiger partial charge on any atom is -0.395 e. The van der Waals surface area contributed by atoms with Crippen LogP contribution in [0.4, 0.5) is 0 Å². The van der Waals surface area contributed by atoms with Gasteiger partial charge in [0, 0.05) is 24.9 Å². The van der Waals surface area contributed by atoms with Crippen molar-refractivity contribution in [1.29, 1.82) is 0 Å². The number of nitrogens with zero attached hydrogens (tertiary/aromatic N) is 2. The maximum atomic E-state index is 8.62. The largest absolute Gasteiger partial charge is 0.395 e. The van der Waals surface area contributed by atoms with Gasteiger partial charge in [-0.15, -0.1) is 12.4 Å². The maximum Gasteiger partial charge on any atom is 0.129 e. The summed E-state index contributed by atoms with van der Waals surface area (Å²) in [5.74, 6) is 0.675. The van der Waals surface area contributed by atoms with Crippen LogP contribution in [0.15, 0.2) is 18.5 Å². The molecule has 4 nitrogen and oxygen atoms in total. The molecule has 1 heterocycles. The molecule has 12 heavy (non-hydrogen) atoms. The first-order chi connectivity index (χ1) is 5.33. The summed E-state index contributed by atoms with van der Waals surface area (Å²) in [5.41, 5.74) is 5.47. The number of aliphatic hydroxyl groups excluding tert-OH is 1. The number of aromatic nitrogens is 2. The Hall–Kier alpha value is -0.710. The summed E-state index contributed by atoms with van der Waals surface area (Å²) in [7, 11) is 0. The molecule has 0 radical (unpaired) electrons. The minimum atomic E-state index is -0.252.